The molecule has 0 bridgehead atoms. The van der Waals surface area contributed by atoms with Gasteiger partial charge in [-0.3, -0.25) is 0 Å². The largest absolute Gasteiger partial charge is 0.321 e. The molecule has 0 radical (unpaired) electrons. The third-order valence-electron chi connectivity index (χ3n) is 1.90. The Labute approximate surface area is 92.8 Å². The normalized spacial score (nSPS) is 11.9. The molecule has 0 aliphatic heterocycles. The average molecular weight is 253 g/mol. The van der Waals surface area contributed by atoms with Crippen molar-refractivity contribution in [1.82, 2.24) is 14.9 Å². The second-order valence-electron chi connectivity index (χ2n) is 3.15. The van der Waals surface area contributed by atoms with E-state index in [0.29, 0.717) is 12.2 Å². The minimum absolute atomic E-state index is 0.432. The van der Waals surface area contributed by atoms with Gasteiger partial charge in [0.25, 0.3) is 14.2 Å². The van der Waals surface area contributed by atoms with Crippen molar-refractivity contribution in [3.05, 3.63) is 5.82 Å². The SMILES string of the molecule is CCCCCc1nc(S(=O)(=O)Cl)nn1N. The molecule has 0 aromatic carbocycles. The summed E-state index contributed by atoms with van der Waals surface area (Å²) in [7, 11) is 1.20. The molecule has 0 amide bonds. The van der Waals surface area contributed by atoms with E-state index in [1.54, 1.807) is 0 Å². The van der Waals surface area contributed by atoms with Crippen LogP contribution in [-0.4, -0.2) is 23.3 Å². The number of halogens is 1. The molecule has 8 heteroatoms. The van der Waals surface area contributed by atoms with Crippen molar-refractivity contribution in [1.29, 1.82) is 0 Å². The van der Waals surface area contributed by atoms with E-state index >= 15 is 0 Å². The predicted molar refractivity (Wildman–Crippen MR) is 56.4 cm³/mol. The first-order valence-electron chi connectivity index (χ1n) is 4.61. The number of nitrogen functional groups attached to an aromatic ring is 1. The highest BCUT2D eigenvalue weighted by atomic mass is 35.7. The number of aryl methyl sites for hydroxylation is 1. The summed E-state index contributed by atoms with van der Waals surface area (Å²) in [6.07, 6.45) is 3.60. The molecule has 0 aliphatic carbocycles. The van der Waals surface area contributed by atoms with Crippen LogP contribution in [0.3, 0.4) is 0 Å². The van der Waals surface area contributed by atoms with Gasteiger partial charge in [0.15, 0.2) is 5.82 Å². The zero-order chi connectivity index (χ0) is 11.5. The zero-order valence-corrected chi connectivity index (χ0v) is 9.92. The Morgan fingerprint density at radius 3 is 2.60 bits per heavy atom. The molecule has 0 saturated carbocycles. The minimum atomic E-state index is -3.89. The summed E-state index contributed by atoms with van der Waals surface area (Å²) in [5, 5.41) is 3.09. The standard InChI is InChI=1S/C7H13ClN4O2S/c1-2-3-4-5-6-10-7(11-12(6)9)15(8,13)14/h2-5,9H2,1H3. The van der Waals surface area contributed by atoms with E-state index in [1.807, 2.05) is 0 Å². The monoisotopic (exact) mass is 252 g/mol. The summed E-state index contributed by atoms with van der Waals surface area (Å²) < 4.78 is 21.8. The number of hydrogen-bond acceptors (Lipinski definition) is 5. The molecule has 86 valence electrons. The van der Waals surface area contributed by atoms with E-state index in [9.17, 15) is 8.42 Å². The molecule has 6 nitrogen and oxygen atoms in total. The first-order valence-corrected chi connectivity index (χ1v) is 6.91. The van der Waals surface area contributed by atoms with Crippen molar-refractivity contribution in [2.75, 3.05) is 5.84 Å². The van der Waals surface area contributed by atoms with Crippen molar-refractivity contribution >= 4 is 19.7 Å². The van der Waals surface area contributed by atoms with Gasteiger partial charge < -0.3 is 5.84 Å². The molecule has 0 saturated heterocycles. The van der Waals surface area contributed by atoms with Crippen molar-refractivity contribution in [2.24, 2.45) is 0 Å². The van der Waals surface area contributed by atoms with Crippen molar-refractivity contribution in [3.63, 3.8) is 0 Å². The average Bonchev–Trinajstić information content (AvgIpc) is 2.48. The summed E-state index contributed by atoms with van der Waals surface area (Å²) in [6.45, 7) is 2.07. The predicted octanol–water partition coefficient (Wildman–Crippen LogP) is 0.652. The van der Waals surface area contributed by atoms with Gasteiger partial charge in [-0.1, -0.05) is 19.8 Å². The number of hydrogen-bond donors (Lipinski definition) is 1. The Morgan fingerprint density at radius 1 is 1.47 bits per heavy atom. The first kappa shape index (κ1) is 12.3. The summed E-state index contributed by atoms with van der Waals surface area (Å²) in [4.78, 5) is 4.72. The Hall–Kier alpha value is -0.820. The van der Waals surface area contributed by atoms with Crippen LogP contribution in [-0.2, 0) is 15.5 Å². The molecule has 0 fully saturated rings. The van der Waals surface area contributed by atoms with E-state index in [4.69, 9.17) is 16.5 Å². The molecular formula is C7H13ClN4O2S. The Kier molecular flexibility index (Phi) is 3.92. The summed E-state index contributed by atoms with van der Waals surface area (Å²) in [6, 6.07) is 0. The summed E-state index contributed by atoms with van der Waals surface area (Å²) >= 11 is 0. The summed E-state index contributed by atoms with van der Waals surface area (Å²) in [5.41, 5.74) is 0. The quantitative estimate of drug-likeness (QED) is 0.472. The topological polar surface area (TPSA) is 90.9 Å². The molecule has 15 heavy (non-hydrogen) atoms. The van der Waals surface area contributed by atoms with Crippen LogP contribution >= 0.6 is 10.7 Å². The molecule has 0 atom stereocenters. The van der Waals surface area contributed by atoms with Gasteiger partial charge in [0.1, 0.15) is 0 Å². The molecule has 0 aliphatic rings. The fraction of sp³-hybridized carbons (Fsp3) is 0.714. The van der Waals surface area contributed by atoms with Gasteiger partial charge in [-0.25, -0.2) is 8.42 Å². The molecule has 0 unspecified atom stereocenters. The van der Waals surface area contributed by atoms with Gasteiger partial charge in [-0.15, -0.1) is 5.10 Å². The number of nitrogens with zero attached hydrogens (tertiary/aromatic N) is 3. The Balaban J connectivity index is 2.78. The minimum Gasteiger partial charge on any atom is -0.321 e. The van der Waals surface area contributed by atoms with E-state index in [2.05, 4.69) is 17.0 Å². The Morgan fingerprint density at radius 2 is 2.13 bits per heavy atom. The molecule has 1 rings (SSSR count). The maximum Gasteiger partial charge on any atom is 0.298 e. The highest BCUT2D eigenvalue weighted by Gasteiger charge is 2.18. The fourth-order valence-electron chi connectivity index (χ4n) is 1.14. The maximum atomic E-state index is 10.9. The third-order valence-corrected chi connectivity index (χ3v) is 2.93. The second-order valence-corrected chi connectivity index (χ2v) is 5.61. The number of nitrogens with two attached hydrogens (primary N) is 1. The van der Waals surface area contributed by atoms with Gasteiger partial charge >= 0.3 is 0 Å². The van der Waals surface area contributed by atoms with Gasteiger partial charge in [-0.2, -0.15) is 9.77 Å². The number of unbranched alkanes of at least 4 members (excludes halogenated alkanes) is 2. The zero-order valence-electron chi connectivity index (χ0n) is 8.35. The molecule has 2 N–H and O–H groups in total. The molecule has 0 spiro atoms. The fourth-order valence-corrected chi connectivity index (χ4v) is 1.74. The number of rotatable bonds is 5. The molecular weight excluding hydrogens is 240 g/mol. The van der Waals surface area contributed by atoms with Crippen LogP contribution in [0.1, 0.15) is 32.0 Å². The van der Waals surface area contributed by atoms with Crippen molar-refractivity contribution < 1.29 is 8.42 Å². The van der Waals surface area contributed by atoms with Gasteiger partial charge in [-0.05, 0) is 6.42 Å². The number of aromatic nitrogens is 3. The lowest BCUT2D eigenvalue weighted by Gasteiger charge is -1.97. The maximum absolute atomic E-state index is 10.9. The van der Waals surface area contributed by atoms with Crippen LogP contribution in [0.2, 0.25) is 0 Å². The van der Waals surface area contributed by atoms with Crippen LogP contribution in [0.15, 0.2) is 5.16 Å². The van der Waals surface area contributed by atoms with Crippen molar-refractivity contribution in [3.8, 4) is 0 Å². The lowest BCUT2D eigenvalue weighted by molar-refractivity contribution is 0.599. The van der Waals surface area contributed by atoms with E-state index in [0.717, 1.165) is 24.1 Å². The Bertz CT molecular complexity index is 428. The van der Waals surface area contributed by atoms with Crippen LogP contribution in [0.5, 0.6) is 0 Å². The van der Waals surface area contributed by atoms with E-state index < -0.39 is 14.2 Å². The van der Waals surface area contributed by atoms with Gasteiger partial charge in [0, 0.05) is 17.1 Å². The van der Waals surface area contributed by atoms with E-state index in [1.165, 1.54) is 0 Å². The third kappa shape index (κ3) is 3.35. The van der Waals surface area contributed by atoms with Crippen LogP contribution in [0.25, 0.3) is 0 Å². The lowest BCUT2D eigenvalue weighted by Crippen LogP contribution is -2.14. The van der Waals surface area contributed by atoms with Gasteiger partial charge in [0.05, 0.1) is 0 Å². The van der Waals surface area contributed by atoms with Gasteiger partial charge in [0.2, 0.25) is 0 Å². The molecule has 1 aromatic heterocycles. The molecule has 1 heterocycles. The van der Waals surface area contributed by atoms with Crippen LogP contribution in [0, 0.1) is 0 Å². The van der Waals surface area contributed by atoms with Crippen LogP contribution < -0.4 is 5.84 Å². The lowest BCUT2D eigenvalue weighted by atomic mass is 10.2. The second kappa shape index (κ2) is 4.80. The highest BCUT2D eigenvalue weighted by Crippen LogP contribution is 2.11. The van der Waals surface area contributed by atoms with E-state index in [-0.39, 0.29) is 0 Å². The summed E-state index contributed by atoms with van der Waals surface area (Å²) in [5.74, 6) is 5.87. The first-order chi connectivity index (χ1) is 6.95. The van der Waals surface area contributed by atoms with Crippen LogP contribution in [0.4, 0.5) is 0 Å². The molecule has 1 aromatic rings. The highest BCUT2D eigenvalue weighted by molar-refractivity contribution is 8.13. The smallest absolute Gasteiger partial charge is 0.298 e. The van der Waals surface area contributed by atoms with Crippen molar-refractivity contribution in [2.45, 2.75) is 37.8 Å².